The predicted octanol–water partition coefficient (Wildman–Crippen LogP) is 1.98. The second-order valence-corrected chi connectivity index (χ2v) is 3.02. The fourth-order valence-electron chi connectivity index (χ4n) is 1.22. The number of ether oxygens (including phenoxy) is 2. The number of nitrogen functional groups attached to an aromatic ring is 1. The summed E-state index contributed by atoms with van der Waals surface area (Å²) in [5.74, 6) is 1.00. The highest BCUT2D eigenvalue weighted by Crippen LogP contribution is 2.43. The van der Waals surface area contributed by atoms with E-state index in [1.165, 1.54) is 14.2 Å². The highest BCUT2D eigenvalue weighted by molar-refractivity contribution is 6.35. The zero-order valence-electron chi connectivity index (χ0n) is 8.35. The van der Waals surface area contributed by atoms with Gasteiger partial charge in [-0.3, -0.25) is 0 Å². The molecule has 0 aromatic heterocycles. The van der Waals surface area contributed by atoms with Crippen molar-refractivity contribution in [3.63, 3.8) is 0 Å². The molecule has 0 aliphatic heterocycles. The zero-order valence-corrected chi connectivity index (χ0v) is 9.11. The molecule has 0 saturated carbocycles. The van der Waals surface area contributed by atoms with Crippen LogP contribution in [0.4, 0.5) is 11.4 Å². The van der Waals surface area contributed by atoms with Crippen LogP contribution < -0.4 is 20.5 Å². The molecule has 1 aromatic carbocycles. The monoisotopic (exact) mass is 216 g/mol. The molecule has 0 heterocycles. The van der Waals surface area contributed by atoms with E-state index in [4.69, 9.17) is 26.8 Å². The van der Waals surface area contributed by atoms with Gasteiger partial charge in [-0.2, -0.15) is 0 Å². The van der Waals surface area contributed by atoms with Crippen LogP contribution in [0.1, 0.15) is 0 Å². The largest absolute Gasteiger partial charge is 0.493 e. The third-order valence-electron chi connectivity index (χ3n) is 1.89. The van der Waals surface area contributed by atoms with Gasteiger partial charge in [0.05, 0.1) is 25.6 Å². The molecule has 0 unspecified atom stereocenters. The Balaban J connectivity index is 3.39. The average Bonchev–Trinajstić information content (AvgIpc) is 2.17. The maximum Gasteiger partial charge on any atom is 0.181 e. The molecule has 0 saturated heterocycles. The Morgan fingerprint density at radius 3 is 2.43 bits per heavy atom. The number of hydrogen-bond acceptors (Lipinski definition) is 4. The Hall–Kier alpha value is -1.29. The second-order valence-electron chi connectivity index (χ2n) is 2.64. The normalized spacial score (nSPS) is 9.71. The molecule has 0 amide bonds. The van der Waals surface area contributed by atoms with Gasteiger partial charge in [0, 0.05) is 13.1 Å². The summed E-state index contributed by atoms with van der Waals surface area (Å²) >= 11 is 6.05. The van der Waals surface area contributed by atoms with Crippen molar-refractivity contribution in [3.05, 3.63) is 11.1 Å². The Morgan fingerprint density at radius 2 is 2.00 bits per heavy atom. The minimum absolute atomic E-state index is 0.423. The van der Waals surface area contributed by atoms with Crippen molar-refractivity contribution in [2.75, 3.05) is 32.3 Å². The van der Waals surface area contributed by atoms with Crippen LogP contribution in [-0.2, 0) is 0 Å². The number of hydrogen-bond donors (Lipinski definition) is 2. The lowest BCUT2D eigenvalue weighted by atomic mass is 10.2. The summed E-state index contributed by atoms with van der Waals surface area (Å²) in [4.78, 5) is 0. The van der Waals surface area contributed by atoms with Gasteiger partial charge in [0.15, 0.2) is 11.5 Å². The van der Waals surface area contributed by atoms with Crippen molar-refractivity contribution < 1.29 is 9.47 Å². The third kappa shape index (κ3) is 1.65. The molecule has 0 aliphatic rings. The average molecular weight is 217 g/mol. The minimum Gasteiger partial charge on any atom is -0.493 e. The molecule has 1 aromatic rings. The number of halogens is 1. The summed E-state index contributed by atoms with van der Waals surface area (Å²) in [7, 11) is 4.80. The molecule has 78 valence electrons. The number of rotatable bonds is 3. The van der Waals surface area contributed by atoms with Gasteiger partial charge in [-0.05, 0) is 0 Å². The molecule has 0 bridgehead atoms. The first kappa shape index (κ1) is 10.8. The van der Waals surface area contributed by atoms with E-state index in [1.807, 2.05) is 0 Å². The van der Waals surface area contributed by atoms with Crippen molar-refractivity contribution in [1.82, 2.24) is 0 Å². The Kier molecular flexibility index (Phi) is 3.30. The van der Waals surface area contributed by atoms with Gasteiger partial charge < -0.3 is 20.5 Å². The van der Waals surface area contributed by atoms with Crippen LogP contribution in [0.5, 0.6) is 11.5 Å². The van der Waals surface area contributed by atoms with Crippen LogP contribution in [0.3, 0.4) is 0 Å². The van der Waals surface area contributed by atoms with E-state index in [0.29, 0.717) is 27.9 Å². The fraction of sp³-hybridized carbons (Fsp3) is 0.333. The zero-order chi connectivity index (χ0) is 10.7. The maximum atomic E-state index is 6.05. The summed E-state index contributed by atoms with van der Waals surface area (Å²) in [6.07, 6.45) is 0. The summed E-state index contributed by atoms with van der Waals surface area (Å²) in [6.45, 7) is 0. The summed E-state index contributed by atoms with van der Waals surface area (Å²) in [6, 6.07) is 1.66. The molecule has 0 spiro atoms. The molecule has 1 rings (SSSR count). The van der Waals surface area contributed by atoms with Crippen LogP contribution in [0, 0.1) is 0 Å². The fourth-order valence-corrected chi connectivity index (χ4v) is 1.60. The van der Waals surface area contributed by atoms with Gasteiger partial charge in [0.1, 0.15) is 5.02 Å². The van der Waals surface area contributed by atoms with Gasteiger partial charge in [-0.25, -0.2) is 0 Å². The van der Waals surface area contributed by atoms with E-state index in [2.05, 4.69) is 5.32 Å². The SMILES string of the molecule is CNc1c(N)cc(OC)c(OC)c1Cl. The van der Waals surface area contributed by atoms with Crippen LogP contribution >= 0.6 is 11.6 Å². The highest BCUT2D eigenvalue weighted by Gasteiger charge is 2.15. The van der Waals surface area contributed by atoms with E-state index < -0.39 is 0 Å². The Labute approximate surface area is 87.9 Å². The van der Waals surface area contributed by atoms with Crippen LogP contribution in [-0.4, -0.2) is 21.3 Å². The van der Waals surface area contributed by atoms with Crippen LogP contribution in [0.25, 0.3) is 0 Å². The summed E-state index contributed by atoms with van der Waals surface area (Å²) in [5, 5.41) is 3.32. The standard InChI is InChI=1S/C9H13ClN2O2/c1-12-8-5(11)4-6(13-2)9(14-3)7(8)10/h4,12H,11H2,1-3H3. The van der Waals surface area contributed by atoms with Crippen molar-refractivity contribution in [1.29, 1.82) is 0 Å². The molecule has 14 heavy (non-hydrogen) atoms. The van der Waals surface area contributed by atoms with E-state index in [9.17, 15) is 0 Å². The van der Waals surface area contributed by atoms with Crippen molar-refractivity contribution in [2.24, 2.45) is 0 Å². The van der Waals surface area contributed by atoms with Crippen molar-refractivity contribution in [3.8, 4) is 11.5 Å². The van der Waals surface area contributed by atoms with Gasteiger partial charge in [0.2, 0.25) is 0 Å². The first-order valence-corrected chi connectivity index (χ1v) is 4.41. The molecule has 3 N–H and O–H groups in total. The lowest BCUT2D eigenvalue weighted by Gasteiger charge is -2.14. The van der Waals surface area contributed by atoms with Crippen molar-refractivity contribution >= 4 is 23.0 Å². The Bertz CT molecular complexity index is 342. The van der Waals surface area contributed by atoms with Crippen LogP contribution in [0.2, 0.25) is 5.02 Å². The first-order chi connectivity index (χ1) is 6.65. The van der Waals surface area contributed by atoms with Gasteiger partial charge in [-0.1, -0.05) is 11.6 Å². The topological polar surface area (TPSA) is 56.5 Å². The van der Waals surface area contributed by atoms with E-state index >= 15 is 0 Å². The van der Waals surface area contributed by atoms with E-state index in [1.54, 1.807) is 13.1 Å². The maximum absolute atomic E-state index is 6.05. The van der Waals surface area contributed by atoms with Gasteiger partial charge in [-0.15, -0.1) is 0 Å². The molecule has 4 nitrogen and oxygen atoms in total. The number of nitrogens with one attached hydrogen (secondary N) is 1. The quantitative estimate of drug-likeness (QED) is 0.759. The second kappa shape index (κ2) is 4.28. The molecule has 0 aliphatic carbocycles. The third-order valence-corrected chi connectivity index (χ3v) is 2.25. The smallest absolute Gasteiger partial charge is 0.181 e. The van der Waals surface area contributed by atoms with E-state index in [-0.39, 0.29) is 0 Å². The lowest BCUT2D eigenvalue weighted by molar-refractivity contribution is 0.355. The van der Waals surface area contributed by atoms with Gasteiger partial charge in [0.25, 0.3) is 0 Å². The predicted molar refractivity (Wildman–Crippen MR) is 58.5 cm³/mol. The van der Waals surface area contributed by atoms with E-state index in [0.717, 1.165) is 0 Å². The molecule has 0 fully saturated rings. The number of anilines is 2. The number of methoxy groups -OCH3 is 2. The van der Waals surface area contributed by atoms with Gasteiger partial charge >= 0.3 is 0 Å². The molecular formula is C9H13ClN2O2. The minimum atomic E-state index is 0.423. The first-order valence-electron chi connectivity index (χ1n) is 4.03. The highest BCUT2D eigenvalue weighted by atomic mass is 35.5. The summed E-state index contributed by atoms with van der Waals surface area (Å²) < 4.78 is 10.2. The number of nitrogens with two attached hydrogens (primary N) is 1. The summed E-state index contributed by atoms with van der Waals surface area (Å²) in [5.41, 5.74) is 6.92. The van der Waals surface area contributed by atoms with Crippen LogP contribution in [0.15, 0.2) is 6.07 Å². The Morgan fingerprint density at radius 1 is 1.36 bits per heavy atom. The molecule has 5 heteroatoms. The lowest BCUT2D eigenvalue weighted by Crippen LogP contribution is -2.00. The molecule has 0 atom stereocenters. The number of benzene rings is 1. The molecular weight excluding hydrogens is 204 g/mol. The molecule has 0 radical (unpaired) electrons. The van der Waals surface area contributed by atoms with Crippen molar-refractivity contribution in [2.45, 2.75) is 0 Å².